The first-order valence-corrected chi connectivity index (χ1v) is 9.92. The van der Waals surface area contributed by atoms with E-state index < -0.39 is 4.92 Å². The Morgan fingerprint density at radius 2 is 1.77 bits per heavy atom. The van der Waals surface area contributed by atoms with Crippen molar-refractivity contribution in [3.05, 3.63) is 56.5 Å². The maximum atomic E-state index is 12.7. The number of benzene rings is 1. The number of aromatic amines is 1. The number of carbonyl (C=O) groups is 1. The van der Waals surface area contributed by atoms with E-state index in [-0.39, 0.29) is 22.7 Å². The highest BCUT2D eigenvalue weighted by atomic mass is 16.6. The largest absolute Gasteiger partial charge is 0.339 e. The van der Waals surface area contributed by atoms with Gasteiger partial charge in [0.15, 0.2) is 5.65 Å². The van der Waals surface area contributed by atoms with Gasteiger partial charge in [-0.1, -0.05) is 0 Å². The van der Waals surface area contributed by atoms with Crippen LogP contribution in [0.5, 0.6) is 0 Å². The Hall–Kier alpha value is -3.76. The van der Waals surface area contributed by atoms with Gasteiger partial charge in [-0.15, -0.1) is 0 Å². The van der Waals surface area contributed by atoms with Gasteiger partial charge >= 0.3 is 0 Å². The third kappa shape index (κ3) is 3.86. The van der Waals surface area contributed by atoms with Crippen molar-refractivity contribution >= 4 is 28.6 Å². The molecular formula is C20H23N7O4. The summed E-state index contributed by atoms with van der Waals surface area (Å²) in [6, 6.07) is 5.58. The average molecular weight is 425 g/mol. The molecular weight excluding hydrogens is 402 g/mol. The summed E-state index contributed by atoms with van der Waals surface area (Å²) >= 11 is 0. The molecule has 1 aliphatic rings. The number of carbonyl (C=O) groups excluding carboxylic acids is 1. The Balaban J connectivity index is 1.51. The predicted molar refractivity (Wildman–Crippen MR) is 114 cm³/mol. The summed E-state index contributed by atoms with van der Waals surface area (Å²) in [5.74, 6) is 0.267. The van der Waals surface area contributed by atoms with Crippen LogP contribution >= 0.6 is 0 Å². The van der Waals surface area contributed by atoms with Crippen LogP contribution in [0.4, 0.5) is 11.6 Å². The molecule has 1 N–H and O–H groups in total. The van der Waals surface area contributed by atoms with Crippen LogP contribution in [-0.2, 0) is 5.54 Å². The normalized spacial score (nSPS) is 14.8. The van der Waals surface area contributed by atoms with E-state index in [0.717, 1.165) is 0 Å². The van der Waals surface area contributed by atoms with Crippen molar-refractivity contribution in [2.75, 3.05) is 31.1 Å². The summed E-state index contributed by atoms with van der Waals surface area (Å²) in [4.78, 5) is 46.6. The lowest BCUT2D eigenvalue weighted by molar-refractivity contribution is -0.384. The first kappa shape index (κ1) is 20.5. The second-order valence-electron chi connectivity index (χ2n) is 8.44. The molecule has 162 valence electrons. The summed E-state index contributed by atoms with van der Waals surface area (Å²) in [6.07, 6.45) is 1.52. The molecule has 0 saturated carbocycles. The van der Waals surface area contributed by atoms with Crippen molar-refractivity contribution in [2.24, 2.45) is 0 Å². The van der Waals surface area contributed by atoms with E-state index in [1.807, 2.05) is 25.7 Å². The van der Waals surface area contributed by atoms with Crippen molar-refractivity contribution in [2.45, 2.75) is 26.3 Å². The van der Waals surface area contributed by atoms with Gasteiger partial charge in [-0.25, -0.2) is 4.68 Å². The number of non-ortho nitro benzene ring substituents is 1. The number of piperazine rings is 1. The zero-order valence-electron chi connectivity index (χ0n) is 17.5. The lowest BCUT2D eigenvalue weighted by Gasteiger charge is -2.35. The fraction of sp³-hybridized carbons (Fsp3) is 0.400. The summed E-state index contributed by atoms with van der Waals surface area (Å²) in [7, 11) is 0. The monoisotopic (exact) mass is 425 g/mol. The van der Waals surface area contributed by atoms with Gasteiger partial charge in [-0.05, 0) is 32.9 Å². The number of amides is 1. The third-order valence-corrected chi connectivity index (χ3v) is 5.25. The third-order valence-electron chi connectivity index (χ3n) is 5.25. The van der Waals surface area contributed by atoms with E-state index in [0.29, 0.717) is 48.7 Å². The number of anilines is 1. The predicted octanol–water partition coefficient (Wildman–Crippen LogP) is 1.75. The van der Waals surface area contributed by atoms with E-state index in [9.17, 15) is 19.7 Å². The second kappa shape index (κ2) is 7.49. The molecule has 3 aromatic rings. The van der Waals surface area contributed by atoms with Crippen molar-refractivity contribution in [3.8, 4) is 0 Å². The Labute approximate surface area is 177 Å². The standard InChI is InChI=1S/C20H23N7O4/c1-20(2,3)26-16-15(12-21-26)17(28)23-19(22-16)25-10-8-24(9-11-25)18(29)13-4-6-14(7-5-13)27(30)31/h4-7,12H,8-11H2,1-3H3,(H,22,23,28). The fourth-order valence-corrected chi connectivity index (χ4v) is 3.58. The Bertz CT molecular complexity index is 1200. The highest BCUT2D eigenvalue weighted by molar-refractivity contribution is 5.94. The van der Waals surface area contributed by atoms with Gasteiger partial charge in [0.2, 0.25) is 5.95 Å². The van der Waals surface area contributed by atoms with Crippen LogP contribution in [-0.4, -0.2) is 61.7 Å². The van der Waals surface area contributed by atoms with Gasteiger partial charge in [0, 0.05) is 43.9 Å². The molecule has 1 saturated heterocycles. The molecule has 0 spiro atoms. The molecule has 31 heavy (non-hydrogen) atoms. The molecule has 0 unspecified atom stereocenters. The summed E-state index contributed by atoms with van der Waals surface area (Å²) in [5.41, 5.74) is 0.299. The van der Waals surface area contributed by atoms with E-state index in [1.54, 1.807) is 9.58 Å². The van der Waals surface area contributed by atoms with Crippen LogP contribution in [0.1, 0.15) is 31.1 Å². The van der Waals surface area contributed by atoms with Gasteiger partial charge in [-0.2, -0.15) is 10.1 Å². The minimum atomic E-state index is -0.497. The van der Waals surface area contributed by atoms with Gasteiger partial charge in [0.25, 0.3) is 17.2 Å². The number of nitrogens with one attached hydrogen (secondary N) is 1. The number of nitro benzene ring substituents is 1. The molecule has 1 fully saturated rings. The molecule has 0 bridgehead atoms. The Kier molecular flexibility index (Phi) is 4.96. The first-order valence-electron chi connectivity index (χ1n) is 9.92. The van der Waals surface area contributed by atoms with E-state index in [2.05, 4.69) is 15.1 Å². The molecule has 0 aliphatic carbocycles. The maximum Gasteiger partial charge on any atom is 0.269 e. The summed E-state index contributed by atoms with van der Waals surface area (Å²) in [5, 5.41) is 15.5. The zero-order chi connectivity index (χ0) is 22.3. The summed E-state index contributed by atoms with van der Waals surface area (Å²) in [6.45, 7) is 7.85. The van der Waals surface area contributed by atoms with Crippen molar-refractivity contribution < 1.29 is 9.72 Å². The van der Waals surface area contributed by atoms with Gasteiger partial charge in [0.1, 0.15) is 5.39 Å². The average Bonchev–Trinajstić information content (AvgIpc) is 3.18. The second-order valence-corrected chi connectivity index (χ2v) is 8.44. The van der Waals surface area contributed by atoms with Crippen LogP contribution in [0.25, 0.3) is 11.0 Å². The molecule has 0 atom stereocenters. The zero-order valence-corrected chi connectivity index (χ0v) is 17.5. The number of H-pyrrole nitrogens is 1. The van der Waals surface area contributed by atoms with Crippen LogP contribution < -0.4 is 10.5 Å². The van der Waals surface area contributed by atoms with Gasteiger partial charge in [-0.3, -0.25) is 24.7 Å². The van der Waals surface area contributed by atoms with Crippen LogP contribution in [0.2, 0.25) is 0 Å². The SMILES string of the molecule is CC(C)(C)n1ncc2c(=O)[nH]c(N3CCN(C(=O)c4ccc([N+](=O)[O-])cc4)CC3)nc21. The topological polar surface area (TPSA) is 130 Å². The van der Waals surface area contributed by atoms with E-state index >= 15 is 0 Å². The fourth-order valence-electron chi connectivity index (χ4n) is 3.58. The lowest BCUT2D eigenvalue weighted by atomic mass is 10.1. The number of rotatable bonds is 3. The summed E-state index contributed by atoms with van der Waals surface area (Å²) < 4.78 is 1.73. The molecule has 1 aromatic carbocycles. The maximum absolute atomic E-state index is 12.7. The minimum absolute atomic E-state index is 0.0544. The molecule has 1 amide bonds. The minimum Gasteiger partial charge on any atom is -0.339 e. The Morgan fingerprint density at radius 3 is 2.35 bits per heavy atom. The van der Waals surface area contributed by atoms with E-state index in [4.69, 9.17) is 0 Å². The number of hydrogen-bond donors (Lipinski definition) is 1. The molecule has 11 nitrogen and oxygen atoms in total. The number of hydrogen-bond acceptors (Lipinski definition) is 7. The van der Waals surface area contributed by atoms with Crippen LogP contribution in [0.15, 0.2) is 35.3 Å². The highest BCUT2D eigenvalue weighted by Crippen LogP contribution is 2.21. The molecule has 11 heteroatoms. The van der Waals surface area contributed by atoms with Crippen molar-refractivity contribution in [1.82, 2.24) is 24.6 Å². The number of aromatic nitrogens is 4. The highest BCUT2D eigenvalue weighted by Gasteiger charge is 2.26. The van der Waals surface area contributed by atoms with E-state index in [1.165, 1.54) is 30.5 Å². The van der Waals surface area contributed by atoms with Crippen molar-refractivity contribution in [3.63, 3.8) is 0 Å². The van der Waals surface area contributed by atoms with Crippen molar-refractivity contribution in [1.29, 1.82) is 0 Å². The molecule has 3 heterocycles. The first-order chi connectivity index (χ1) is 14.6. The molecule has 1 aliphatic heterocycles. The molecule has 0 radical (unpaired) electrons. The number of nitro groups is 1. The number of nitrogens with zero attached hydrogens (tertiary/aromatic N) is 6. The smallest absolute Gasteiger partial charge is 0.269 e. The molecule has 4 rings (SSSR count). The molecule has 2 aromatic heterocycles. The number of fused-ring (bicyclic) bond motifs is 1. The lowest BCUT2D eigenvalue weighted by Crippen LogP contribution is -2.49. The Morgan fingerprint density at radius 1 is 1.13 bits per heavy atom. The van der Waals surface area contributed by atoms with Crippen LogP contribution in [0, 0.1) is 10.1 Å². The van der Waals surface area contributed by atoms with Gasteiger partial charge < -0.3 is 9.80 Å². The quantitative estimate of drug-likeness (QED) is 0.500. The van der Waals surface area contributed by atoms with Crippen LogP contribution in [0.3, 0.4) is 0 Å². The van der Waals surface area contributed by atoms with Gasteiger partial charge in [0.05, 0.1) is 16.7 Å².